The van der Waals surface area contributed by atoms with Gasteiger partial charge in [0.2, 0.25) is 0 Å². The Morgan fingerprint density at radius 1 is 1.50 bits per heavy atom. The molecule has 3 heteroatoms. The molecule has 0 aromatic heterocycles. The minimum Gasteiger partial charge on any atom is -0.313 e. The Balaban J connectivity index is 2.05. The molecule has 3 unspecified atom stereocenters. The Kier molecular flexibility index (Phi) is 4.79. The second kappa shape index (κ2) is 6.16. The van der Waals surface area contributed by atoms with E-state index in [4.69, 9.17) is 0 Å². The van der Waals surface area contributed by atoms with Crippen molar-refractivity contribution in [1.29, 1.82) is 0 Å². The van der Waals surface area contributed by atoms with Crippen molar-refractivity contribution in [3.8, 4) is 0 Å². The first-order valence-corrected chi connectivity index (χ1v) is 7.58. The highest BCUT2D eigenvalue weighted by molar-refractivity contribution is 9.10. The summed E-state index contributed by atoms with van der Waals surface area (Å²) in [6, 6.07) is 5.44. The minimum atomic E-state index is -0.147. The highest BCUT2D eigenvalue weighted by Gasteiger charge is 2.39. The van der Waals surface area contributed by atoms with Gasteiger partial charge in [0, 0.05) is 10.5 Å². The van der Waals surface area contributed by atoms with Crippen molar-refractivity contribution in [2.75, 3.05) is 6.54 Å². The zero-order valence-corrected chi connectivity index (χ0v) is 12.6. The van der Waals surface area contributed by atoms with Crippen LogP contribution >= 0.6 is 15.9 Å². The lowest BCUT2D eigenvalue weighted by Crippen LogP contribution is -2.34. The van der Waals surface area contributed by atoms with E-state index in [1.54, 1.807) is 12.1 Å². The van der Waals surface area contributed by atoms with Crippen LogP contribution in [0.15, 0.2) is 22.7 Å². The SMILES string of the molecule is CCCNC(Cc1cc(F)ccc1Br)C1CC1C. The second-order valence-electron chi connectivity index (χ2n) is 5.38. The van der Waals surface area contributed by atoms with Crippen LogP contribution in [0.4, 0.5) is 4.39 Å². The van der Waals surface area contributed by atoms with Crippen LogP contribution < -0.4 is 5.32 Å². The summed E-state index contributed by atoms with van der Waals surface area (Å²) in [4.78, 5) is 0. The fraction of sp³-hybridized carbons (Fsp3) is 0.600. The molecule has 0 bridgehead atoms. The average molecular weight is 314 g/mol. The van der Waals surface area contributed by atoms with Gasteiger partial charge < -0.3 is 5.32 Å². The van der Waals surface area contributed by atoms with Crippen LogP contribution in [0.5, 0.6) is 0 Å². The van der Waals surface area contributed by atoms with E-state index in [1.807, 2.05) is 0 Å². The molecule has 2 rings (SSSR count). The van der Waals surface area contributed by atoms with Crippen LogP contribution in [0.3, 0.4) is 0 Å². The molecule has 0 heterocycles. The maximum absolute atomic E-state index is 13.3. The lowest BCUT2D eigenvalue weighted by Gasteiger charge is -2.19. The summed E-state index contributed by atoms with van der Waals surface area (Å²) in [7, 11) is 0. The monoisotopic (exact) mass is 313 g/mol. The topological polar surface area (TPSA) is 12.0 Å². The number of rotatable bonds is 6. The Morgan fingerprint density at radius 3 is 2.83 bits per heavy atom. The van der Waals surface area contributed by atoms with E-state index in [-0.39, 0.29) is 5.82 Å². The van der Waals surface area contributed by atoms with E-state index >= 15 is 0 Å². The van der Waals surface area contributed by atoms with Crippen molar-refractivity contribution in [1.82, 2.24) is 5.32 Å². The molecule has 0 spiro atoms. The molecule has 1 nitrogen and oxygen atoms in total. The van der Waals surface area contributed by atoms with Gasteiger partial charge >= 0.3 is 0 Å². The smallest absolute Gasteiger partial charge is 0.123 e. The van der Waals surface area contributed by atoms with E-state index in [0.717, 1.165) is 41.3 Å². The molecule has 18 heavy (non-hydrogen) atoms. The van der Waals surface area contributed by atoms with Crippen LogP contribution in [-0.2, 0) is 6.42 Å². The van der Waals surface area contributed by atoms with Crippen molar-refractivity contribution in [3.63, 3.8) is 0 Å². The highest BCUT2D eigenvalue weighted by Crippen LogP contribution is 2.42. The number of hydrogen-bond donors (Lipinski definition) is 1. The molecule has 1 aliphatic rings. The molecule has 0 amide bonds. The second-order valence-corrected chi connectivity index (χ2v) is 6.23. The van der Waals surface area contributed by atoms with Crippen molar-refractivity contribution >= 4 is 15.9 Å². The molecular weight excluding hydrogens is 293 g/mol. The van der Waals surface area contributed by atoms with Gasteiger partial charge in [-0.05, 0) is 61.4 Å². The molecule has 0 radical (unpaired) electrons. The number of hydrogen-bond acceptors (Lipinski definition) is 1. The van der Waals surface area contributed by atoms with Gasteiger partial charge in [0.25, 0.3) is 0 Å². The molecule has 1 aliphatic carbocycles. The molecule has 3 atom stereocenters. The Hall–Kier alpha value is -0.410. The van der Waals surface area contributed by atoms with E-state index in [0.29, 0.717) is 6.04 Å². The third-order valence-electron chi connectivity index (χ3n) is 3.79. The van der Waals surface area contributed by atoms with E-state index in [2.05, 4.69) is 35.1 Å². The fourth-order valence-corrected chi connectivity index (χ4v) is 2.96. The van der Waals surface area contributed by atoms with Gasteiger partial charge in [-0.2, -0.15) is 0 Å². The Labute approximate surface area is 117 Å². The van der Waals surface area contributed by atoms with Gasteiger partial charge in [-0.15, -0.1) is 0 Å². The van der Waals surface area contributed by atoms with Crippen molar-refractivity contribution in [2.24, 2.45) is 11.8 Å². The van der Waals surface area contributed by atoms with Crippen LogP contribution in [-0.4, -0.2) is 12.6 Å². The summed E-state index contributed by atoms with van der Waals surface area (Å²) in [5.41, 5.74) is 1.07. The van der Waals surface area contributed by atoms with Gasteiger partial charge in [0.1, 0.15) is 5.82 Å². The zero-order valence-electron chi connectivity index (χ0n) is 11.0. The molecule has 1 aromatic rings. The van der Waals surface area contributed by atoms with E-state index < -0.39 is 0 Å². The summed E-state index contributed by atoms with van der Waals surface area (Å²) >= 11 is 3.52. The maximum atomic E-state index is 13.3. The lowest BCUT2D eigenvalue weighted by molar-refractivity contribution is 0.442. The molecule has 0 aliphatic heterocycles. The van der Waals surface area contributed by atoms with Crippen molar-refractivity contribution in [2.45, 2.75) is 39.2 Å². The quantitative estimate of drug-likeness (QED) is 0.831. The normalized spacial score (nSPS) is 24.0. The Bertz CT molecular complexity index is 407. The van der Waals surface area contributed by atoms with Gasteiger partial charge in [-0.1, -0.05) is 29.8 Å². The van der Waals surface area contributed by atoms with Crippen LogP contribution in [0.1, 0.15) is 32.3 Å². The van der Waals surface area contributed by atoms with E-state index in [9.17, 15) is 4.39 Å². The van der Waals surface area contributed by atoms with Crippen molar-refractivity contribution < 1.29 is 4.39 Å². The predicted molar refractivity (Wildman–Crippen MR) is 77.2 cm³/mol. The van der Waals surface area contributed by atoms with Gasteiger partial charge in [0.05, 0.1) is 0 Å². The molecule has 100 valence electrons. The van der Waals surface area contributed by atoms with Crippen LogP contribution in [0, 0.1) is 17.7 Å². The summed E-state index contributed by atoms with van der Waals surface area (Å²) in [6.07, 6.45) is 3.35. The van der Waals surface area contributed by atoms with E-state index in [1.165, 1.54) is 12.5 Å². The summed E-state index contributed by atoms with van der Waals surface area (Å²) in [6.45, 7) is 5.52. The highest BCUT2D eigenvalue weighted by atomic mass is 79.9. The molecule has 1 aromatic carbocycles. The molecule has 1 N–H and O–H groups in total. The van der Waals surface area contributed by atoms with Crippen molar-refractivity contribution in [3.05, 3.63) is 34.1 Å². The van der Waals surface area contributed by atoms with Gasteiger partial charge in [0.15, 0.2) is 0 Å². The first-order valence-electron chi connectivity index (χ1n) is 6.79. The molecule has 1 fully saturated rings. The fourth-order valence-electron chi connectivity index (χ4n) is 2.55. The lowest BCUT2D eigenvalue weighted by atomic mass is 10.0. The number of nitrogens with one attached hydrogen (secondary N) is 1. The van der Waals surface area contributed by atoms with Gasteiger partial charge in [-0.25, -0.2) is 4.39 Å². The molecule has 0 saturated heterocycles. The molecule has 1 saturated carbocycles. The Morgan fingerprint density at radius 2 is 2.22 bits per heavy atom. The third kappa shape index (κ3) is 3.55. The summed E-state index contributed by atoms with van der Waals surface area (Å²) in [5.74, 6) is 1.42. The summed E-state index contributed by atoms with van der Waals surface area (Å²) in [5, 5.41) is 3.61. The predicted octanol–water partition coefficient (Wildman–Crippen LogP) is 4.15. The third-order valence-corrected chi connectivity index (χ3v) is 4.57. The average Bonchev–Trinajstić information content (AvgIpc) is 3.06. The summed E-state index contributed by atoms with van der Waals surface area (Å²) < 4.78 is 14.3. The zero-order chi connectivity index (χ0) is 13.1. The maximum Gasteiger partial charge on any atom is 0.123 e. The number of halogens is 2. The largest absolute Gasteiger partial charge is 0.313 e. The van der Waals surface area contributed by atoms with Crippen LogP contribution in [0.2, 0.25) is 0 Å². The first kappa shape index (κ1) is 14.0. The number of benzene rings is 1. The standard InChI is InChI=1S/C15H21BrFN/c1-3-6-18-15(13-7-10(13)2)9-11-8-12(17)4-5-14(11)16/h4-5,8,10,13,15,18H,3,6-7,9H2,1-2H3. The molecular formula is C15H21BrFN. The first-order chi connectivity index (χ1) is 8.61. The van der Waals surface area contributed by atoms with Gasteiger partial charge in [-0.3, -0.25) is 0 Å². The van der Waals surface area contributed by atoms with Crippen LogP contribution in [0.25, 0.3) is 0 Å². The minimum absolute atomic E-state index is 0.147.